The van der Waals surface area contributed by atoms with Gasteiger partial charge in [-0.05, 0) is 35.1 Å². The zero-order valence-electron chi connectivity index (χ0n) is 15.2. The van der Waals surface area contributed by atoms with Crippen molar-refractivity contribution < 1.29 is 19.8 Å². The number of fused-ring (bicyclic) bond motifs is 2. The van der Waals surface area contributed by atoms with Crippen LogP contribution in [0.4, 0.5) is 11.4 Å². The fourth-order valence-electron chi connectivity index (χ4n) is 3.49. The predicted octanol–water partition coefficient (Wildman–Crippen LogP) is 3.28. The van der Waals surface area contributed by atoms with Gasteiger partial charge in [-0.2, -0.15) is 0 Å². The molecule has 3 rings (SSSR count). The zero-order valence-corrected chi connectivity index (χ0v) is 15.2. The highest BCUT2D eigenvalue weighted by atomic mass is 16.3. The Morgan fingerprint density at radius 3 is 1.31 bits per heavy atom. The first-order valence-electron chi connectivity index (χ1n) is 8.47. The third-order valence-electron chi connectivity index (χ3n) is 4.87. The Hall–Kier alpha value is -3.02. The van der Waals surface area contributed by atoms with Gasteiger partial charge in [0.25, 0.3) is 0 Å². The third kappa shape index (κ3) is 2.25. The molecule has 6 nitrogen and oxygen atoms in total. The lowest BCUT2D eigenvalue weighted by molar-refractivity contribution is 0.0975. The SMILES string of the molecule is CC(C)c1cc(N)c2c(c1O)C(=O)c1c(O)c(C(C)C)cc(N)c1C2=O. The third-order valence-corrected chi connectivity index (χ3v) is 4.87. The van der Waals surface area contributed by atoms with Gasteiger partial charge in [0.15, 0.2) is 5.78 Å². The molecule has 6 heteroatoms. The van der Waals surface area contributed by atoms with Crippen molar-refractivity contribution in [1.82, 2.24) is 0 Å². The predicted molar refractivity (Wildman–Crippen MR) is 100 cm³/mol. The number of hydrogen-bond donors (Lipinski definition) is 4. The van der Waals surface area contributed by atoms with Gasteiger partial charge in [-0.1, -0.05) is 27.7 Å². The molecule has 0 aliphatic heterocycles. The molecule has 0 amide bonds. The molecule has 0 radical (unpaired) electrons. The van der Waals surface area contributed by atoms with Crippen LogP contribution in [0.25, 0.3) is 0 Å². The van der Waals surface area contributed by atoms with Gasteiger partial charge < -0.3 is 21.7 Å². The maximum Gasteiger partial charge on any atom is 0.202 e. The second-order valence-electron chi connectivity index (χ2n) is 7.27. The Balaban J connectivity index is 2.43. The summed E-state index contributed by atoms with van der Waals surface area (Å²) in [5.74, 6) is -1.98. The fraction of sp³-hybridized carbons (Fsp3) is 0.300. The summed E-state index contributed by atoms with van der Waals surface area (Å²) >= 11 is 0. The summed E-state index contributed by atoms with van der Waals surface area (Å²) in [6.45, 7) is 7.37. The van der Waals surface area contributed by atoms with Crippen LogP contribution in [-0.4, -0.2) is 21.8 Å². The fourth-order valence-corrected chi connectivity index (χ4v) is 3.49. The molecule has 0 unspecified atom stereocenters. The molecule has 2 aromatic carbocycles. The van der Waals surface area contributed by atoms with E-state index in [4.69, 9.17) is 11.5 Å². The van der Waals surface area contributed by atoms with Gasteiger partial charge >= 0.3 is 0 Å². The molecule has 0 saturated carbocycles. The van der Waals surface area contributed by atoms with E-state index >= 15 is 0 Å². The van der Waals surface area contributed by atoms with Gasteiger partial charge in [-0.25, -0.2) is 0 Å². The van der Waals surface area contributed by atoms with Crippen molar-refractivity contribution in [3.8, 4) is 11.5 Å². The summed E-state index contributed by atoms with van der Waals surface area (Å²) in [4.78, 5) is 26.2. The van der Waals surface area contributed by atoms with Crippen LogP contribution in [0.15, 0.2) is 12.1 Å². The van der Waals surface area contributed by atoms with Crippen LogP contribution in [0.5, 0.6) is 11.5 Å². The van der Waals surface area contributed by atoms with Gasteiger partial charge in [0, 0.05) is 11.4 Å². The molecule has 26 heavy (non-hydrogen) atoms. The second kappa shape index (κ2) is 5.76. The minimum atomic E-state index is -0.645. The topological polar surface area (TPSA) is 127 Å². The van der Waals surface area contributed by atoms with Crippen molar-refractivity contribution >= 4 is 22.9 Å². The molecule has 0 bridgehead atoms. The van der Waals surface area contributed by atoms with E-state index in [0.29, 0.717) is 11.1 Å². The molecule has 0 atom stereocenters. The highest BCUT2D eigenvalue weighted by Gasteiger charge is 2.39. The number of carbonyl (C=O) groups is 2. The van der Waals surface area contributed by atoms with Crippen LogP contribution in [0, 0.1) is 0 Å². The summed E-state index contributed by atoms with van der Waals surface area (Å²) in [5, 5.41) is 21.3. The number of phenols is 2. The average Bonchev–Trinajstić information content (AvgIpc) is 2.55. The zero-order chi connectivity index (χ0) is 19.5. The van der Waals surface area contributed by atoms with Crippen LogP contribution >= 0.6 is 0 Å². The largest absolute Gasteiger partial charge is 0.507 e. The molecule has 6 N–H and O–H groups in total. The van der Waals surface area contributed by atoms with Crippen LogP contribution in [0.1, 0.15) is 82.5 Å². The van der Waals surface area contributed by atoms with Crippen molar-refractivity contribution in [3.63, 3.8) is 0 Å². The lowest BCUT2D eigenvalue weighted by Gasteiger charge is -2.25. The van der Waals surface area contributed by atoms with Gasteiger partial charge in [-0.3, -0.25) is 9.59 Å². The van der Waals surface area contributed by atoms with Crippen molar-refractivity contribution in [1.29, 1.82) is 0 Å². The molecule has 0 heterocycles. The van der Waals surface area contributed by atoms with E-state index in [0.717, 1.165) is 0 Å². The van der Waals surface area contributed by atoms with E-state index in [1.165, 1.54) is 12.1 Å². The normalized spacial score (nSPS) is 13.3. The summed E-state index contributed by atoms with van der Waals surface area (Å²) in [6, 6.07) is 3.01. The number of hydrogen-bond acceptors (Lipinski definition) is 6. The summed E-state index contributed by atoms with van der Waals surface area (Å²) < 4.78 is 0. The van der Waals surface area contributed by atoms with E-state index in [-0.39, 0.29) is 57.0 Å². The minimum Gasteiger partial charge on any atom is -0.507 e. The highest BCUT2D eigenvalue weighted by Crippen LogP contribution is 2.45. The van der Waals surface area contributed by atoms with Crippen LogP contribution < -0.4 is 11.5 Å². The minimum absolute atomic E-state index is 0.0622. The first kappa shape index (κ1) is 17.8. The number of rotatable bonds is 2. The van der Waals surface area contributed by atoms with Crippen molar-refractivity contribution in [2.24, 2.45) is 0 Å². The number of ketones is 2. The number of carbonyl (C=O) groups excluding carboxylic acids is 2. The molecule has 0 aromatic heterocycles. The molecule has 1 aliphatic carbocycles. The summed E-state index contributed by atoms with van der Waals surface area (Å²) in [7, 11) is 0. The number of nitrogens with two attached hydrogens (primary N) is 2. The van der Waals surface area contributed by atoms with Crippen LogP contribution in [0.2, 0.25) is 0 Å². The lowest BCUT2D eigenvalue weighted by atomic mass is 9.78. The number of phenolic OH excluding ortho intramolecular Hbond substituents is 2. The van der Waals surface area contributed by atoms with E-state index in [9.17, 15) is 19.8 Å². The quantitative estimate of drug-likeness (QED) is 0.413. The molecule has 0 fully saturated rings. The second-order valence-corrected chi connectivity index (χ2v) is 7.27. The number of aromatic hydroxyl groups is 2. The van der Waals surface area contributed by atoms with Gasteiger partial charge in [0.1, 0.15) is 11.5 Å². The van der Waals surface area contributed by atoms with Crippen molar-refractivity contribution in [2.75, 3.05) is 11.5 Å². The van der Waals surface area contributed by atoms with E-state index in [1.54, 1.807) is 0 Å². The Bertz CT molecular complexity index is 899. The molecule has 0 spiro atoms. The lowest BCUT2D eigenvalue weighted by Crippen LogP contribution is -2.25. The van der Waals surface area contributed by atoms with Gasteiger partial charge in [0.05, 0.1) is 22.3 Å². The summed E-state index contributed by atoms with van der Waals surface area (Å²) in [5.41, 5.74) is 12.8. The Morgan fingerprint density at radius 2 is 1.00 bits per heavy atom. The van der Waals surface area contributed by atoms with E-state index in [2.05, 4.69) is 0 Å². The maximum absolute atomic E-state index is 13.2. The maximum atomic E-state index is 13.2. The van der Waals surface area contributed by atoms with Gasteiger partial charge in [0.2, 0.25) is 5.78 Å². The monoisotopic (exact) mass is 354 g/mol. The van der Waals surface area contributed by atoms with Crippen molar-refractivity contribution in [2.45, 2.75) is 39.5 Å². The molecular formula is C20H22N2O4. The average molecular weight is 354 g/mol. The first-order chi connectivity index (χ1) is 12.1. The van der Waals surface area contributed by atoms with E-state index in [1.807, 2.05) is 27.7 Å². The Morgan fingerprint density at radius 1 is 0.692 bits per heavy atom. The molecule has 1 aliphatic rings. The number of nitrogen functional groups attached to an aromatic ring is 2. The number of benzene rings is 2. The smallest absolute Gasteiger partial charge is 0.202 e. The van der Waals surface area contributed by atoms with Crippen LogP contribution in [0.3, 0.4) is 0 Å². The molecule has 0 saturated heterocycles. The highest BCUT2D eigenvalue weighted by molar-refractivity contribution is 6.33. The van der Waals surface area contributed by atoms with Gasteiger partial charge in [-0.15, -0.1) is 0 Å². The summed E-state index contributed by atoms with van der Waals surface area (Å²) in [6.07, 6.45) is 0. The Labute approximate surface area is 151 Å². The molecule has 2 aromatic rings. The molecule has 136 valence electrons. The first-order valence-corrected chi connectivity index (χ1v) is 8.47. The standard InChI is InChI=1S/C20H22N2O4/c1-7(2)9-5-11(21)13-15(17(9)23)20(26)16-14(19(13)25)12(22)6-10(8(3)4)18(16)24/h5-8,23-24H,21-22H2,1-4H3. The van der Waals surface area contributed by atoms with Crippen molar-refractivity contribution in [3.05, 3.63) is 45.5 Å². The van der Waals surface area contributed by atoms with Crippen LogP contribution in [-0.2, 0) is 0 Å². The van der Waals surface area contributed by atoms with E-state index < -0.39 is 11.6 Å². The number of anilines is 2. The molecular weight excluding hydrogens is 332 g/mol. The Kier molecular flexibility index (Phi) is 3.94.